The van der Waals surface area contributed by atoms with Crippen LogP contribution >= 0.6 is 11.6 Å². The number of likely N-dealkylation sites (tertiary alicyclic amines) is 1. The van der Waals surface area contributed by atoms with Crippen LogP contribution in [0.2, 0.25) is 5.02 Å². The van der Waals surface area contributed by atoms with E-state index >= 15 is 0 Å². The number of amides is 1. The van der Waals surface area contributed by atoms with E-state index in [-0.39, 0.29) is 12.0 Å². The van der Waals surface area contributed by atoms with Gasteiger partial charge < -0.3 is 14.5 Å². The van der Waals surface area contributed by atoms with Gasteiger partial charge in [0.2, 0.25) is 0 Å². The Morgan fingerprint density at radius 3 is 2.40 bits per heavy atom. The first-order chi connectivity index (χ1) is 12.0. The van der Waals surface area contributed by atoms with Crippen LogP contribution in [-0.4, -0.2) is 49.1 Å². The molecule has 1 saturated heterocycles. The van der Waals surface area contributed by atoms with E-state index in [4.69, 9.17) is 16.3 Å². The van der Waals surface area contributed by atoms with Gasteiger partial charge in [0.25, 0.3) is 5.91 Å². The number of hydrogen-bond acceptors (Lipinski definition) is 4. The highest BCUT2D eigenvalue weighted by molar-refractivity contribution is 6.30. The Hall–Kier alpha value is -2.27. The maximum absolute atomic E-state index is 12.6. The highest BCUT2D eigenvalue weighted by Crippen LogP contribution is 2.22. The maximum Gasteiger partial charge on any atom is 0.255 e. The van der Waals surface area contributed by atoms with Gasteiger partial charge in [0, 0.05) is 51.2 Å². The minimum atomic E-state index is 0.0303. The fraction of sp³-hybridized carbons (Fsp3) is 0.368. The first kappa shape index (κ1) is 17.5. The van der Waals surface area contributed by atoms with Gasteiger partial charge in [-0.2, -0.15) is 0 Å². The number of carbonyl (C=O) groups is 1. The van der Waals surface area contributed by atoms with Crippen molar-refractivity contribution in [1.82, 2.24) is 9.88 Å². The molecule has 1 amide bonds. The normalized spacial score (nSPS) is 15.1. The van der Waals surface area contributed by atoms with Gasteiger partial charge in [0.15, 0.2) is 0 Å². The van der Waals surface area contributed by atoms with Crippen LogP contribution in [0, 0.1) is 0 Å². The number of nitrogens with zero attached hydrogens (tertiary/aromatic N) is 3. The summed E-state index contributed by atoms with van der Waals surface area (Å²) < 4.78 is 5.97. The molecule has 0 N–H and O–H groups in total. The van der Waals surface area contributed by atoms with E-state index in [0.29, 0.717) is 23.7 Å². The molecular weight excluding hydrogens is 338 g/mol. The molecule has 5 nitrogen and oxygen atoms in total. The number of anilines is 1. The number of piperidine rings is 1. The summed E-state index contributed by atoms with van der Waals surface area (Å²) in [7, 11) is 3.85. The van der Waals surface area contributed by atoms with Gasteiger partial charge in [-0.15, -0.1) is 0 Å². The fourth-order valence-electron chi connectivity index (χ4n) is 2.84. The molecule has 0 bridgehead atoms. The Morgan fingerprint density at radius 2 is 1.84 bits per heavy atom. The van der Waals surface area contributed by atoms with Gasteiger partial charge in [-0.1, -0.05) is 11.6 Å². The van der Waals surface area contributed by atoms with Gasteiger partial charge in [0.1, 0.15) is 17.7 Å². The molecule has 1 aliphatic rings. The summed E-state index contributed by atoms with van der Waals surface area (Å²) in [5.74, 6) is 1.69. The van der Waals surface area contributed by atoms with Gasteiger partial charge in [-0.25, -0.2) is 4.98 Å². The molecule has 3 rings (SSSR count). The zero-order valence-corrected chi connectivity index (χ0v) is 15.2. The van der Waals surface area contributed by atoms with E-state index in [2.05, 4.69) is 4.98 Å². The largest absolute Gasteiger partial charge is 0.490 e. The second-order valence-electron chi connectivity index (χ2n) is 6.36. The lowest BCUT2D eigenvalue weighted by Gasteiger charge is -2.32. The predicted molar refractivity (Wildman–Crippen MR) is 99.6 cm³/mol. The first-order valence-electron chi connectivity index (χ1n) is 8.38. The fourth-order valence-corrected chi connectivity index (χ4v) is 2.97. The van der Waals surface area contributed by atoms with Crippen molar-refractivity contribution >= 4 is 23.3 Å². The first-order valence-corrected chi connectivity index (χ1v) is 8.75. The molecule has 1 aromatic heterocycles. The summed E-state index contributed by atoms with van der Waals surface area (Å²) in [5, 5.41) is 0.696. The van der Waals surface area contributed by atoms with Crippen molar-refractivity contribution in [3.05, 3.63) is 53.2 Å². The number of aromatic nitrogens is 1. The van der Waals surface area contributed by atoms with Crippen LogP contribution < -0.4 is 9.64 Å². The zero-order chi connectivity index (χ0) is 17.8. The van der Waals surface area contributed by atoms with Crippen molar-refractivity contribution in [2.24, 2.45) is 0 Å². The van der Waals surface area contributed by atoms with Crippen LogP contribution in [0.15, 0.2) is 42.6 Å². The third-order valence-corrected chi connectivity index (χ3v) is 4.55. The van der Waals surface area contributed by atoms with Crippen LogP contribution in [-0.2, 0) is 0 Å². The minimum Gasteiger partial charge on any atom is -0.490 e. The molecule has 1 aliphatic heterocycles. The van der Waals surface area contributed by atoms with Crippen LogP contribution in [0.3, 0.4) is 0 Å². The Bertz CT molecular complexity index is 708. The average molecular weight is 360 g/mol. The average Bonchev–Trinajstić information content (AvgIpc) is 2.64. The molecule has 2 heterocycles. The molecule has 0 saturated carbocycles. The van der Waals surface area contributed by atoms with Crippen molar-refractivity contribution in [2.45, 2.75) is 18.9 Å². The molecule has 1 aromatic carbocycles. The number of pyridine rings is 1. The van der Waals surface area contributed by atoms with E-state index in [1.807, 2.05) is 60.3 Å². The molecule has 2 aromatic rings. The molecule has 0 aliphatic carbocycles. The molecular formula is C19H22ClN3O2. The number of halogens is 1. The van der Waals surface area contributed by atoms with Crippen LogP contribution in [0.5, 0.6) is 5.75 Å². The molecule has 25 heavy (non-hydrogen) atoms. The summed E-state index contributed by atoms with van der Waals surface area (Å²) >= 11 is 5.89. The summed E-state index contributed by atoms with van der Waals surface area (Å²) in [6, 6.07) is 11.1. The summed E-state index contributed by atoms with van der Waals surface area (Å²) in [6.45, 7) is 1.37. The van der Waals surface area contributed by atoms with Gasteiger partial charge >= 0.3 is 0 Å². The molecule has 0 unspecified atom stereocenters. The van der Waals surface area contributed by atoms with Crippen molar-refractivity contribution in [2.75, 3.05) is 32.1 Å². The molecule has 0 radical (unpaired) electrons. The van der Waals surface area contributed by atoms with Crippen molar-refractivity contribution in [1.29, 1.82) is 0 Å². The van der Waals surface area contributed by atoms with E-state index < -0.39 is 0 Å². The Balaban J connectivity index is 1.54. The highest BCUT2D eigenvalue weighted by atomic mass is 35.5. The molecule has 0 atom stereocenters. The van der Waals surface area contributed by atoms with Crippen molar-refractivity contribution in [3.63, 3.8) is 0 Å². The third kappa shape index (κ3) is 4.42. The van der Waals surface area contributed by atoms with Crippen LogP contribution in [0.1, 0.15) is 23.2 Å². The second-order valence-corrected chi connectivity index (χ2v) is 6.80. The number of carbonyl (C=O) groups excluding carboxylic acids is 1. The third-order valence-electron chi connectivity index (χ3n) is 4.30. The number of ether oxygens (including phenoxy) is 1. The molecule has 6 heteroatoms. The zero-order valence-electron chi connectivity index (χ0n) is 14.5. The van der Waals surface area contributed by atoms with Gasteiger partial charge in [-0.05, 0) is 36.4 Å². The van der Waals surface area contributed by atoms with Crippen molar-refractivity contribution < 1.29 is 9.53 Å². The number of rotatable bonds is 4. The number of benzene rings is 1. The monoisotopic (exact) mass is 359 g/mol. The van der Waals surface area contributed by atoms with E-state index in [9.17, 15) is 4.79 Å². The summed E-state index contributed by atoms with van der Waals surface area (Å²) in [4.78, 5) is 20.7. The van der Waals surface area contributed by atoms with E-state index in [1.165, 1.54) is 0 Å². The lowest BCUT2D eigenvalue weighted by Crippen LogP contribution is -2.41. The van der Waals surface area contributed by atoms with Gasteiger partial charge in [0.05, 0.1) is 5.56 Å². The standard InChI is InChI=1S/C19H22ClN3O2/c1-22(2)18-8-3-14(13-21-18)19(24)23-11-9-17(10-12-23)25-16-6-4-15(20)5-7-16/h3-8,13,17H,9-12H2,1-2H3. The Morgan fingerprint density at radius 1 is 1.16 bits per heavy atom. The van der Waals surface area contributed by atoms with Gasteiger partial charge in [-0.3, -0.25) is 4.79 Å². The molecule has 0 spiro atoms. The predicted octanol–water partition coefficient (Wildman–Crippen LogP) is 3.48. The lowest BCUT2D eigenvalue weighted by atomic mass is 10.1. The second kappa shape index (κ2) is 7.74. The van der Waals surface area contributed by atoms with Crippen LogP contribution in [0.25, 0.3) is 0 Å². The summed E-state index contributed by atoms with van der Waals surface area (Å²) in [6.07, 6.45) is 3.41. The van der Waals surface area contributed by atoms with E-state index in [0.717, 1.165) is 24.4 Å². The quantitative estimate of drug-likeness (QED) is 0.838. The Kier molecular flexibility index (Phi) is 5.43. The van der Waals surface area contributed by atoms with Crippen LogP contribution in [0.4, 0.5) is 5.82 Å². The maximum atomic E-state index is 12.6. The minimum absolute atomic E-state index is 0.0303. The highest BCUT2D eigenvalue weighted by Gasteiger charge is 2.25. The van der Waals surface area contributed by atoms with Crippen molar-refractivity contribution in [3.8, 4) is 5.75 Å². The van der Waals surface area contributed by atoms with E-state index in [1.54, 1.807) is 6.20 Å². The molecule has 132 valence electrons. The number of hydrogen-bond donors (Lipinski definition) is 0. The topological polar surface area (TPSA) is 45.7 Å². The Labute approximate surface area is 153 Å². The smallest absolute Gasteiger partial charge is 0.255 e. The summed E-state index contributed by atoms with van der Waals surface area (Å²) in [5.41, 5.74) is 0.627. The SMILES string of the molecule is CN(C)c1ccc(C(=O)N2CCC(Oc3ccc(Cl)cc3)CC2)cn1. The lowest BCUT2D eigenvalue weighted by molar-refractivity contribution is 0.0595. The molecule has 1 fully saturated rings.